The fourth-order valence-electron chi connectivity index (χ4n) is 2.56. The predicted octanol–water partition coefficient (Wildman–Crippen LogP) is 2.77. The van der Waals surface area contributed by atoms with Crippen LogP contribution in [0, 0.1) is 6.92 Å². The minimum absolute atomic E-state index is 0.111. The maximum Gasteiger partial charge on any atom is 0.323 e. The number of aliphatic carboxylic acids is 1. The first kappa shape index (κ1) is 15.7. The molecule has 0 saturated heterocycles. The van der Waals surface area contributed by atoms with E-state index in [0.29, 0.717) is 22.3 Å². The zero-order chi connectivity index (χ0) is 17.3. The molecule has 0 radical (unpaired) electrons. The van der Waals surface area contributed by atoms with E-state index in [-0.39, 0.29) is 12.3 Å². The van der Waals surface area contributed by atoms with E-state index in [1.54, 1.807) is 36.1 Å². The number of nitrogens with zero attached hydrogens (tertiary/aromatic N) is 3. The predicted molar refractivity (Wildman–Crippen MR) is 89.6 cm³/mol. The Hall–Kier alpha value is -3.22. The van der Waals surface area contributed by atoms with E-state index in [4.69, 9.17) is 5.11 Å². The van der Waals surface area contributed by atoms with Gasteiger partial charge in [0.05, 0.1) is 18.1 Å². The van der Waals surface area contributed by atoms with Crippen LogP contribution in [0.25, 0.3) is 10.9 Å². The van der Waals surface area contributed by atoms with Crippen molar-refractivity contribution in [2.24, 2.45) is 0 Å². The molecule has 3 aromatic rings. The first-order valence-electron chi connectivity index (χ1n) is 7.35. The van der Waals surface area contributed by atoms with E-state index in [0.717, 1.165) is 11.4 Å². The van der Waals surface area contributed by atoms with Crippen molar-refractivity contribution < 1.29 is 14.7 Å². The molecule has 0 saturated carbocycles. The second-order valence-electron chi connectivity index (χ2n) is 5.50. The number of Topliss-reactive ketones (excluding diaryl/α,β-unsaturated/α-hetero) is 1. The lowest BCUT2D eigenvalue weighted by Gasteiger charge is -2.07. The van der Waals surface area contributed by atoms with Crippen LogP contribution in [0.3, 0.4) is 0 Å². The number of nitrogens with one attached hydrogen (secondary N) is 1. The summed E-state index contributed by atoms with van der Waals surface area (Å²) in [7, 11) is 0. The minimum atomic E-state index is -0.957. The first-order valence-corrected chi connectivity index (χ1v) is 7.35. The summed E-state index contributed by atoms with van der Waals surface area (Å²) in [5.41, 5.74) is 2.70. The molecule has 0 fully saturated rings. The van der Waals surface area contributed by atoms with E-state index in [9.17, 15) is 9.59 Å². The molecule has 122 valence electrons. The SMILES string of the molecule is CC(=O)c1cn(CC(=O)O)c2ccc(Nc3cnc(C)nc3)cc12. The van der Waals surface area contributed by atoms with Gasteiger partial charge in [-0.2, -0.15) is 0 Å². The van der Waals surface area contributed by atoms with Crippen molar-refractivity contribution in [1.29, 1.82) is 0 Å². The van der Waals surface area contributed by atoms with E-state index >= 15 is 0 Å². The van der Waals surface area contributed by atoms with Crippen molar-refractivity contribution in [3.63, 3.8) is 0 Å². The summed E-state index contributed by atoms with van der Waals surface area (Å²) in [4.78, 5) is 31.1. The van der Waals surface area contributed by atoms with Gasteiger partial charge in [-0.1, -0.05) is 0 Å². The molecule has 2 aromatic heterocycles. The summed E-state index contributed by atoms with van der Waals surface area (Å²) in [6.45, 7) is 3.08. The van der Waals surface area contributed by atoms with Gasteiger partial charge in [-0.05, 0) is 32.0 Å². The number of hydrogen-bond acceptors (Lipinski definition) is 5. The molecule has 7 nitrogen and oxygen atoms in total. The maximum absolute atomic E-state index is 11.9. The zero-order valence-corrected chi connectivity index (χ0v) is 13.3. The third kappa shape index (κ3) is 3.10. The number of fused-ring (bicyclic) bond motifs is 1. The molecular weight excluding hydrogens is 308 g/mol. The number of hydrogen-bond donors (Lipinski definition) is 2. The second kappa shape index (κ2) is 6.11. The number of aryl methyl sites for hydroxylation is 1. The number of rotatable bonds is 5. The van der Waals surface area contributed by atoms with Crippen LogP contribution in [0.15, 0.2) is 36.8 Å². The number of ketones is 1. The molecule has 0 atom stereocenters. The Balaban J connectivity index is 2.02. The topological polar surface area (TPSA) is 97.1 Å². The van der Waals surface area contributed by atoms with Gasteiger partial charge in [-0.3, -0.25) is 9.59 Å². The van der Waals surface area contributed by atoms with Crippen LogP contribution < -0.4 is 5.32 Å². The van der Waals surface area contributed by atoms with Crippen LogP contribution >= 0.6 is 0 Å². The summed E-state index contributed by atoms with van der Waals surface area (Å²) in [6, 6.07) is 5.44. The summed E-state index contributed by atoms with van der Waals surface area (Å²) in [5.74, 6) is -0.387. The second-order valence-corrected chi connectivity index (χ2v) is 5.50. The number of carboxylic acid groups (broad SMARTS) is 1. The molecule has 2 N–H and O–H groups in total. The Labute approximate surface area is 138 Å². The van der Waals surface area contributed by atoms with E-state index < -0.39 is 5.97 Å². The number of carbonyl (C=O) groups excluding carboxylic acids is 1. The number of benzene rings is 1. The standard InChI is InChI=1S/C17H16N4O3/c1-10(22)15-8-21(9-17(23)24)16-4-3-12(5-14(15)16)20-13-6-18-11(2)19-7-13/h3-8,20H,9H2,1-2H3,(H,23,24). The molecule has 0 aliphatic carbocycles. The van der Waals surface area contributed by atoms with Gasteiger partial charge in [0.15, 0.2) is 5.78 Å². The molecule has 0 bridgehead atoms. The fourth-order valence-corrected chi connectivity index (χ4v) is 2.56. The molecule has 3 rings (SSSR count). The molecular formula is C17H16N4O3. The highest BCUT2D eigenvalue weighted by Crippen LogP contribution is 2.27. The Kier molecular flexibility index (Phi) is 3.99. The van der Waals surface area contributed by atoms with Gasteiger partial charge in [-0.15, -0.1) is 0 Å². The largest absolute Gasteiger partial charge is 0.480 e. The number of aromatic nitrogens is 3. The lowest BCUT2D eigenvalue weighted by atomic mass is 10.1. The summed E-state index contributed by atoms with van der Waals surface area (Å²) >= 11 is 0. The average molecular weight is 324 g/mol. The fraction of sp³-hybridized carbons (Fsp3) is 0.176. The third-order valence-corrected chi connectivity index (χ3v) is 3.64. The van der Waals surface area contributed by atoms with Gasteiger partial charge in [0.2, 0.25) is 0 Å². The van der Waals surface area contributed by atoms with Gasteiger partial charge in [0.1, 0.15) is 12.4 Å². The van der Waals surface area contributed by atoms with Crippen molar-refractivity contribution in [2.75, 3.05) is 5.32 Å². The molecule has 24 heavy (non-hydrogen) atoms. The Morgan fingerprint density at radius 3 is 2.54 bits per heavy atom. The van der Waals surface area contributed by atoms with Crippen LogP contribution in [-0.2, 0) is 11.3 Å². The highest BCUT2D eigenvalue weighted by atomic mass is 16.4. The molecule has 1 aromatic carbocycles. The van der Waals surface area contributed by atoms with Crippen molar-refractivity contribution in [1.82, 2.24) is 14.5 Å². The van der Waals surface area contributed by atoms with E-state index in [1.165, 1.54) is 6.92 Å². The van der Waals surface area contributed by atoms with Crippen molar-refractivity contribution in [2.45, 2.75) is 20.4 Å². The van der Waals surface area contributed by atoms with E-state index in [2.05, 4.69) is 15.3 Å². The maximum atomic E-state index is 11.9. The first-order chi connectivity index (χ1) is 11.4. The Morgan fingerprint density at radius 2 is 1.92 bits per heavy atom. The monoisotopic (exact) mass is 324 g/mol. The van der Waals surface area contributed by atoms with Crippen LogP contribution in [0.2, 0.25) is 0 Å². The Bertz CT molecular complexity index is 929. The highest BCUT2D eigenvalue weighted by Gasteiger charge is 2.14. The van der Waals surface area contributed by atoms with Crippen molar-refractivity contribution in [3.05, 3.63) is 48.2 Å². The number of carbonyl (C=O) groups is 2. The van der Waals surface area contributed by atoms with Crippen LogP contribution in [0.5, 0.6) is 0 Å². The molecule has 0 aliphatic heterocycles. The molecule has 2 heterocycles. The summed E-state index contributed by atoms with van der Waals surface area (Å²) in [5, 5.41) is 12.9. The molecule has 0 amide bonds. The number of carboxylic acids is 1. The smallest absolute Gasteiger partial charge is 0.323 e. The van der Waals surface area contributed by atoms with Gasteiger partial charge in [0.25, 0.3) is 0 Å². The van der Waals surface area contributed by atoms with Crippen LogP contribution in [0.4, 0.5) is 11.4 Å². The molecule has 7 heteroatoms. The van der Waals surface area contributed by atoms with Gasteiger partial charge < -0.3 is 15.0 Å². The highest BCUT2D eigenvalue weighted by molar-refractivity contribution is 6.08. The summed E-state index contributed by atoms with van der Waals surface area (Å²) < 4.78 is 1.56. The van der Waals surface area contributed by atoms with Crippen molar-refractivity contribution in [3.8, 4) is 0 Å². The average Bonchev–Trinajstić information content (AvgIpc) is 2.87. The molecule has 0 spiro atoms. The van der Waals surface area contributed by atoms with Crippen LogP contribution in [0.1, 0.15) is 23.1 Å². The molecule has 0 unspecified atom stereocenters. The van der Waals surface area contributed by atoms with Gasteiger partial charge in [-0.25, -0.2) is 9.97 Å². The third-order valence-electron chi connectivity index (χ3n) is 3.64. The number of anilines is 2. The zero-order valence-electron chi connectivity index (χ0n) is 13.3. The Morgan fingerprint density at radius 1 is 1.21 bits per heavy atom. The van der Waals surface area contributed by atoms with Crippen LogP contribution in [-0.4, -0.2) is 31.4 Å². The van der Waals surface area contributed by atoms with Gasteiger partial charge in [0, 0.05) is 28.4 Å². The van der Waals surface area contributed by atoms with Gasteiger partial charge >= 0.3 is 5.97 Å². The minimum Gasteiger partial charge on any atom is -0.480 e. The van der Waals surface area contributed by atoms with E-state index in [1.807, 2.05) is 12.1 Å². The normalized spacial score (nSPS) is 10.8. The lowest BCUT2D eigenvalue weighted by Crippen LogP contribution is -2.07. The quantitative estimate of drug-likeness (QED) is 0.700. The summed E-state index contributed by atoms with van der Waals surface area (Å²) in [6.07, 6.45) is 4.93. The lowest BCUT2D eigenvalue weighted by molar-refractivity contribution is -0.137. The molecule has 0 aliphatic rings. The van der Waals surface area contributed by atoms with Crippen molar-refractivity contribution >= 4 is 34.0 Å².